The Morgan fingerprint density at radius 1 is 1.12 bits per heavy atom. The van der Waals surface area contributed by atoms with E-state index < -0.39 is 0 Å². The number of nitrogens with zero attached hydrogens (tertiary/aromatic N) is 3. The van der Waals surface area contributed by atoms with Crippen LogP contribution in [0.3, 0.4) is 0 Å². The van der Waals surface area contributed by atoms with Gasteiger partial charge in [-0.25, -0.2) is 4.79 Å². The number of carbonyl (C=O) groups excluding carboxylic acids is 1. The molecule has 3 rings (SSSR count). The number of aromatic hydroxyl groups is 1. The molecule has 33 heavy (non-hydrogen) atoms. The van der Waals surface area contributed by atoms with Crippen molar-refractivity contribution in [2.75, 3.05) is 17.3 Å². The predicted molar refractivity (Wildman–Crippen MR) is 134 cm³/mol. The molecule has 2 amide bonds. The molecule has 0 atom stereocenters. The Balaban J connectivity index is 1.77. The molecule has 2 N–H and O–H groups in total. The third-order valence-electron chi connectivity index (χ3n) is 5.20. The molecule has 0 saturated heterocycles. The van der Waals surface area contributed by atoms with E-state index in [1.807, 2.05) is 45.9 Å². The summed E-state index contributed by atoms with van der Waals surface area (Å²) in [6.07, 6.45) is 0. The number of ether oxygens (including phenoxy) is 1. The standard InChI is InChI=1S/C25H32N4O3S/c1-14(2)19-13-18(9-10-20(19)30)32-21-15(3)11-17(12-16(21)4)26-23(31)29(8)24-28-27-22(33-24)25(5,6)7/h9-14,30H,1-8H3,(H,26,31). The maximum absolute atomic E-state index is 12.8. The minimum Gasteiger partial charge on any atom is -0.508 e. The lowest BCUT2D eigenvalue weighted by atomic mass is 9.98. The second kappa shape index (κ2) is 9.39. The van der Waals surface area contributed by atoms with Gasteiger partial charge >= 0.3 is 6.03 Å². The van der Waals surface area contributed by atoms with Crippen LogP contribution in [-0.2, 0) is 5.41 Å². The molecule has 0 aliphatic rings. The summed E-state index contributed by atoms with van der Waals surface area (Å²) < 4.78 is 6.15. The first-order chi connectivity index (χ1) is 15.4. The van der Waals surface area contributed by atoms with E-state index in [1.54, 1.807) is 19.2 Å². The summed E-state index contributed by atoms with van der Waals surface area (Å²) in [6.45, 7) is 14.1. The van der Waals surface area contributed by atoms with Crippen LogP contribution in [0.2, 0.25) is 0 Å². The third kappa shape index (κ3) is 5.63. The Morgan fingerprint density at radius 2 is 1.76 bits per heavy atom. The Hall–Kier alpha value is -3.13. The molecule has 1 aromatic heterocycles. The molecule has 7 nitrogen and oxygen atoms in total. The number of nitrogens with one attached hydrogen (secondary N) is 1. The van der Waals surface area contributed by atoms with Crippen LogP contribution in [0.1, 0.15) is 62.2 Å². The van der Waals surface area contributed by atoms with Crippen molar-refractivity contribution in [3.8, 4) is 17.2 Å². The fraction of sp³-hybridized carbons (Fsp3) is 0.400. The van der Waals surface area contributed by atoms with Gasteiger partial charge in [-0.3, -0.25) is 4.90 Å². The zero-order valence-electron chi connectivity index (χ0n) is 20.5. The van der Waals surface area contributed by atoms with Crippen molar-refractivity contribution in [2.24, 2.45) is 0 Å². The Labute approximate surface area is 199 Å². The molecule has 0 aliphatic heterocycles. The van der Waals surface area contributed by atoms with Crippen molar-refractivity contribution in [3.05, 3.63) is 52.0 Å². The number of anilines is 2. The molecule has 0 saturated carbocycles. The number of phenolic OH excluding ortho intramolecular Hbond substituents is 1. The van der Waals surface area contributed by atoms with E-state index in [0.29, 0.717) is 16.6 Å². The number of urea groups is 1. The highest BCUT2D eigenvalue weighted by Gasteiger charge is 2.23. The van der Waals surface area contributed by atoms with E-state index in [1.165, 1.54) is 16.2 Å². The first-order valence-corrected chi connectivity index (χ1v) is 11.7. The van der Waals surface area contributed by atoms with Crippen LogP contribution >= 0.6 is 11.3 Å². The van der Waals surface area contributed by atoms with E-state index in [9.17, 15) is 9.90 Å². The highest BCUT2D eigenvalue weighted by atomic mass is 32.1. The number of amides is 2. The van der Waals surface area contributed by atoms with E-state index in [-0.39, 0.29) is 23.1 Å². The fourth-order valence-electron chi connectivity index (χ4n) is 3.31. The van der Waals surface area contributed by atoms with Crippen molar-refractivity contribution >= 4 is 28.2 Å². The van der Waals surface area contributed by atoms with Gasteiger partial charge in [0.1, 0.15) is 22.3 Å². The van der Waals surface area contributed by atoms with Gasteiger partial charge in [0.05, 0.1) is 0 Å². The number of rotatable bonds is 5. The first kappa shape index (κ1) is 24.5. The molecule has 0 fully saturated rings. The molecule has 0 bridgehead atoms. The van der Waals surface area contributed by atoms with Crippen molar-refractivity contribution in [1.82, 2.24) is 10.2 Å². The number of phenols is 1. The number of aryl methyl sites for hydroxylation is 2. The monoisotopic (exact) mass is 468 g/mol. The number of aromatic nitrogens is 2. The molecule has 0 unspecified atom stereocenters. The average molecular weight is 469 g/mol. The maximum Gasteiger partial charge on any atom is 0.327 e. The summed E-state index contributed by atoms with van der Waals surface area (Å²) in [7, 11) is 1.68. The van der Waals surface area contributed by atoms with Crippen LogP contribution in [0.5, 0.6) is 17.2 Å². The van der Waals surface area contributed by atoms with Gasteiger partial charge in [-0.15, -0.1) is 10.2 Å². The Kier molecular flexibility index (Phi) is 6.97. The summed E-state index contributed by atoms with van der Waals surface area (Å²) in [5.74, 6) is 1.82. The van der Waals surface area contributed by atoms with Gasteiger partial charge < -0.3 is 15.2 Å². The molecule has 176 valence electrons. The number of carbonyl (C=O) groups is 1. The van der Waals surface area contributed by atoms with Gasteiger partial charge in [0.2, 0.25) is 5.13 Å². The second-order valence-corrected chi connectivity index (χ2v) is 10.5. The Morgan fingerprint density at radius 3 is 2.30 bits per heavy atom. The highest BCUT2D eigenvalue weighted by molar-refractivity contribution is 7.15. The van der Waals surface area contributed by atoms with Gasteiger partial charge in [-0.05, 0) is 61.2 Å². The van der Waals surface area contributed by atoms with Crippen molar-refractivity contribution in [1.29, 1.82) is 0 Å². The highest BCUT2D eigenvalue weighted by Crippen LogP contribution is 2.35. The van der Waals surface area contributed by atoms with Crippen LogP contribution in [0, 0.1) is 13.8 Å². The summed E-state index contributed by atoms with van der Waals surface area (Å²) in [4.78, 5) is 14.3. The minimum atomic E-state index is -0.292. The summed E-state index contributed by atoms with van der Waals surface area (Å²) in [5.41, 5.74) is 3.16. The Bertz CT molecular complexity index is 1140. The van der Waals surface area contributed by atoms with Crippen LogP contribution in [-0.4, -0.2) is 28.4 Å². The molecule has 8 heteroatoms. The maximum atomic E-state index is 12.8. The van der Waals surface area contributed by atoms with Crippen molar-refractivity contribution in [3.63, 3.8) is 0 Å². The van der Waals surface area contributed by atoms with Crippen LogP contribution in [0.15, 0.2) is 30.3 Å². The van der Waals surface area contributed by atoms with Crippen LogP contribution in [0.25, 0.3) is 0 Å². The zero-order chi connectivity index (χ0) is 24.5. The molecular formula is C25H32N4O3S. The number of hydrogen-bond acceptors (Lipinski definition) is 6. The minimum absolute atomic E-state index is 0.120. The normalized spacial score (nSPS) is 11.5. The van der Waals surface area contributed by atoms with Gasteiger partial charge in [0.25, 0.3) is 0 Å². The van der Waals surface area contributed by atoms with Gasteiger partial charge in [-0.1, -0.05) is 46.0 Å². The molecule has 2 aromatic carbocycles. The molecule has 0 spiro atoms. The lowest BCUT2D eigenvalue weighted by Crippen LogP contribution is -2.31. The second-order valence-electron chi connectivity index (χ2n) is 9.55. The quantitative estimate of drug-likeness (QED) is 0.433. The summed E-state index contributed by atoms with van der Waals surface area (Å²) in [5, 5.41) is 22.8. The van der Waals surface area contributed by atoms with Gasteiger partial charge in [-0.2, -0.15) is 0 Å². The lowest BCUT2D eigenvalue weighted by Gasteiger charge is -2.18. The first-order valence-electron chi connectivity index (χ1n) is 10.9. The number of benzene rings is 2. The SMILES string of the molecule is Cc1cc(NC(=O)N(C)c2nnc(C(C)(C)C)s2)cc(C)c1Oc1ccc(O)c(C(C)C)c1. The lowest BCUT2D eigenvalue weighted by molar-refractivity contribution is 0.258. The largest absolute Gasteiger partial charge is 0.508 e. The molecule has 1 heterocycles. The third-order valence-corrected chi connectivity index (χ3v) is 6.63. The van der Waals surface area contributed by atoms with Crippen LogP contribution < -0.4 is 15.0 Å². The average Bonchev–Trinajstić information content (AvgIpc) is 3.22. The molecule has 0 radical (unpaired) electrons. The molecule has 0 aliphatic carbocycles. The van der Waals surface area contributed by atoms with Crippen molar-refractivity contribution in [2.45, 2.75) is 59.8 Å². The van der Waals surface area contributed by atoms with Gasteiger partial charge in [0.15, 0.2) is 0 Å². The zero-order valence-corrected chi connectivity index (χ0v) is 21.3. The predicted octanol–water partition coefficient (Wildman–Crippen LogP) is 6.74. The molecule has 3 aromatic rings. The van der Waals surface area contributed by atoms with E-state index >= 15 is 0 Å². The fourth-order valence-corrected chi connectivity index (χ4v) is 4.17. The topological polar surface area (TPSA) is 87.6 Å². The summed E-state index contributed by atoms with van der Waals surface area (Å²) in [6, 6.07) is 8.71. The van der Waals surface area contributed by atoms with Crippen LogP contribution in [0.4, 0.5) is 15.6 Å². The summed E-state index contributed by atoms with van der Waals surface area (Å²) >= 11 is 1.41. The van der Waals surface area contributed by atoms with E-state index in [0.717, 1.165) is 27.4 Å². The smallest absolute Gasteiger partial charge is 0.327 e. The van der Waals surface area contributed by atoms with Crippen molar-refractivity contribution < 1.29 is 14.6 Å². The molecular weight excluding hydrogens is 436 g/mol. The van der Waals surface area contributed by atoms with E-state index in [2.05, 4.69) is 36.3 Å². The van der Waals surface area contributed by atoms with Gasteiger partial charge in [0, 0.05) is 23.7 Å². The number of hydrogen-bond donors (Lipinski definition) is 2. The van der Waals surface area contributed by atoms with E-state index in [4.69, 9.17) is 4.74 Å².